The first-order valence-electron chi connectivity index (χ1n) is 6.71. The molecule has 1 radical (unpaired) electrons. The fraction of sp³-hybridized carbons (Fsp3) is 0.917. The molecule has 1 saturated heterocycles. The van der Waals surface area contributed by atoms with E-state index in [1.54, 1.807) is 0 Å². The van der Waals surface area contributed by atoms with E-state index in [0.717, 1.165) is 45.3 Å². The predicted octanol–water partition coefficient (Wildman–Crippen LogP) is 1.11. The van der Waals surface area contributed by atoms with Gasteiger partial charge in [0.2, 0.25) is 6.54 Å². The monoisotopic (exact) mass is 258 g/mol. The Balaban J connectivity index is 2.55. The molecule has 0 aromatic heterocycles. The summed E-state index contributed by atoms with van der Waals surface area (Å²) in [5, 5.41) is 13.9. The quantitative estimate of drug-likeness (QED) is 0.495. The molecule has 18 heavy (non-hydrogen) atoms. The molecule has 1 aliphatic heterocycles. The molecule has 1 N–H and O–H groups in total. The van der Waals surface area contributed by atoms with E-state index in [-0.39, 0.29) is 11.5 Å². The first-order chi connectivity index (χ1) is 8.67. The summed E-state index contributed by atoms with van der Waals surface area (Å²) in [6.45, 7) is 7.94. The Kier molecular flexibility index (Phi) is 7.15. The molecule has 0 spiro atoms. The smallest absolute Gasteiger partial charge is 0.238 e. The third-order valence-electron chi connectivity index (χ3n) is 3.04. The molecule has 105 valence electrons. The molecular formula is C12H24N3O3. The molecule has 0 aromatic rings. The number of ether oxygens (including phenoxy) is 1. The van der Waals surface area contributed by atoms with Crippen LogP contribution in [0.15, 0.2) is 0 Å². The SMILES string of the molecule is CCCN(CC1CCOC1)[C](C[N+](=O)[O-])NCC. The molecule has 0 bridgehead atoms. The summed E-state index contributed by atoms with van der Waals surface area (Å²) in [6, 6.07) is 0. The molecule has 0 aliphatic carbocycles. The Labute approximate surface area is 109 Å². The second kappa shape index (κ2) is 8.39. The van der Waals surface area contributed by atoms with Crippen LogP contribution < -0.4 is 5.32 Å². The van der Waals surface area contributed by atoms with Gasteiger partial charge in [-0.15, -0.1) is 0 Å². The van der Waals surface area contributed by atoms with E-state index in [1.165, 1.54) is 0 Å². The van der Waals surface area contributed by atoms with Gasteiger partial charge >= 0.3 is 0 Å². The van der Waals surface area contributed by atoms with Gasteiger partial charge in [-0.1, -0.05) is 13.8 Å². The largest absolute Gasteiger partial charge is 0.381 e. The minimum absolute atomic E-state index is 0.124. The summed E-state index contributed by atoms with van der Waals surface area (Å²) >= 11 is 0. The maximum atomic E-state index is 10.7. The number of nitro groups is 1. The van der Waals surface area contributed by atoms with Crippen LogP contribution in [-0.2, 0) is 4.74 Å². The number of rotatable bonds is 9. The van der Waals surface area contributed by atoms with E-state index in [9.17, 15) is 10.1 Å². The Morgan fingerprint density at radius 2 is 2.33 bits per heavy atom. The number of nitrogens with one attached hydrogen (secondary N) is 1. The third kappa shape index (κ3) is 5.29. The standard InChI is InChI=1S/C12H24N3O3/c1-3-6-14(8-11-5-7-18-10-11)12(13-4-2)9-15(16)17/h11,13H,3-10H2,1-2H3. The van der Waals surface area contributed by atoms with E-state index < -0.39 is 0 Å². The normalized spacial score (nSPS) is 19.9. The lowest BCUT2D eigenvalue weighted by Crippen LogP contribution is -2.45. The van der Waals surface area contributed by atoms with Gasteiger partial charge < -0.3 is 4.74 Å². The van der Waals surface area contributed by atoms with Gasteiger partial charge in [-0.05, 0) is 31.8 Å². The molecule has 1 unspecified atom stereocenters. The summed E-state index contributed by atoms with van der Waals surface area (Å²) in [4.78, 5) is 12.6. The molecule has 1 rings (SSSR count). The summed E-state index contributed by atoms with van der Waals surface area (Å²) in [6.07, 6.45) is 2.77. The Hall–Kier alpha value is -0.720. The molecule has 6 nitrogen and oxygen atoms in total. The highest BCUT2D eigenvalue weighted by molar-refractivity contribution is 4.88. The molecule has 1 aliphatic rings. The molecule has 1 atom stereocenters. The maximum absolute atomic E-state index is 10.7. The summed E-state index contributed by atoms with van der Waals surface area (Å²) in [7, 11) is 0. The first-order valence-corrected chi connectivity index (χ1v) is 6.71. The van der Waals surface area contributed by atoms with Crippen LogP contribution in [0.2, 0.25) is 0 Å². The highest BCUT2D eigenvalue weighted by Crippen LogP contribution is 2.17. The highest BCUT2D eigenvalue weighted by atomic mass is 16.6. The fourth-order valence-corrected chi connectivity index (χ4v) is 2.24. The van der Waals surface area contributed by atoms with Gasteiger partial charge in [0.25, 0.3) is 0 Å². The lowest BCUT2D eigenvalue weighted by molar-refractivity contribution is -0.479. The summed E-state index contributed by atoms with van der Waals surface area (Å²) in [5.41, 5.74) is 0. The predicted molar refractivity (Wildman–Crippen MR) is 69.6 cm³/mol. The minimum Gasteiger partial charge on any atom is -0.381 e. The average Bonchev–Trinajstić information content (AvgIpc) is 2.80. The van der Waals surface area contributed by atoms with Gasteiger partial charge in [0.05, 0.1) is 6.61 Å². The van der Waals surface area contributed by atoms with E-state index in [1.807, 2.05) is 6.92 Å². The van der Waals surface area contributed by atoms with E-state index in [2.05, 4.69) is 17.1 Å². The van der Waals surface area contributed by atoms with Gasteiger partial charge in [0.1, 0.15) is 0 Å². The summed E-state index contributed by atoms with van der Waals surface area (Å²) in [5.74, 6) is 0.497. The van der Waals surface area contributed by atoms with Crippen LogP contribution in [0.5, 0.6) is 0 Å². The highest BCUT2D eigenvalue weighted by Gasteiger charge is 2.27. The van der Waals surface area contributed by atoms with Crippen LogP contribution in [0, 0.1) is 22.2 Å². The van der Waals surface area contributed by atoms with Crippen LogP contribution in [0.25, 0.3) is 0 Å². The van der Waals surface area contributed by atoms with Crippen molar-refractivity contribution < 1.29 is 9.66 Å². The maximum Gasteiger partial charge on any atom is 0.238 e. The second-order valence-electron chi connectivity index (χ2n) is 4.64. The third-order valence-corrected chi connectivity index (χ3v) is 3.04. The van der Waals surface area contributed by atoms with Crippen LogP contribution in [-0.4, -0.2) is 49.2 Å². The molecule has 0 amide bonds. The number of nitrogens with zero attached hydrogens (tertiary/aromatic N) is 2. The molecule has 1 heterocycles. The van der Waals surface area contributed by atoms with Crippen molar-refractivity contribution in [1.29, 1.82) is 0 Å². The zero-order chi connectivity index (χ0) is 13.4. The molecule has 6 heteroatoms. The van der Waals surface area contributed by atoms with Crippen LogP contribution in [0.3, 0.4) is 0 Å². The van der Waals surface area contributed by atoms with Crippen molar-refractivity contribution in [2.45, 2.75) is 26.7 Å². The Morgan fingerprint density at radius 1 is 1.56 bits per heavy atom. The van der Waals surface area contributed by atoms with Gasteiger partial charge in [-0.25, -0.2) is 0 Å². The fourth-order valence-electron chi connectivity index (χ4n) is 2.24. The summed E-state index contributed by atoms with van der Waals surface area (Å²) < 4.78 is 5.37. The van der Waals surface area contributed by atoms with E-state index in [4.69, 9.17) is 4.74 Å². The second-order valence-corrected chi connectivity index (χ2v) is 4.64. The van der Waals surface area contributed by atoms with Crippen molar-refractivity contribution >= 4 is 0 Å². The number of hydrogen-bond acceptors (Lipinski definition) is 5. The van der Waals surface area contributed by atoms with Crippen molar-refractivity contribution in [3.05, 3.63) is 16.3 Å². The minimum atomic E-state index is -0.272. The van der Waals surface area contributed by atoms with E-state index in [0.29, 0.717) is 12.5 Å². The van der Waals surface area contributed by atoms with E-state index >= 15 is 0 Å². The zero-order valence-corrected chi connectivity index (χ0v) is 11.4. The van der Waals surface area contributed by atoms with Crippen molar-refractivity contribution in [3.8, 4) is 0 Å². The molecule has 1 fully saturated rings. The first kappa shape index (κ1) is 15.3. The molecule has 0 aromatic carbocycles. The van der Waals surface area contributed by atoms with Crippen LogP contribution in [0.1, 0.15) is 26.7 Å². The van der Waals surface area contributed by atoms with Gasteiger partial charge in [0.15, 0.2) is 6.17 Å². The number of likely N-dealkylation sites (N-methyl/N-ethyl adjacent to an activating group) is 1. The van der Waals surface area contributed by atoms with Crippen molar-refractivity contribution in [1.82, 2.24) is 10.2 Å². The Bertz CT molecular complexity index is 245. The molecule has 0 saturated carbocycles. The number of hydrogen-bond donors (Lipinski definition) is 1. The topological polar surface area (TPSA) is 67.6 Å². The van der Waals surface area contributed by atoms with Gasteiger partial charge in [-0.2, -0.15) is 0 Å². The Morgan fingerprint density at radius 3 is 2.83 bits per heavy atom. The van der Waals surface area contributed by atoms with Crippen LogP contribution in [0.4, 0.5) is 0 Å². The van der Waals surface area contributed by atoms with Crippen LogP contribution >= 0.6 is 0 Å². The average molecular weight is 258 g/mol. The van der Waals surface area contributed by atoms with Crippen molar-refractivity contribution in [2.24, 2.45) is 5.92 Å². The van der Waals surface area contributed by atoms with Crippen molar-refractivity contribution in [3.63, 3.8) is 0 Å². The lowest BCUT2D eigenvalue weighted by atomic mass is 10.1. The molecular weight excluding hydrogens is 234 g/mol. The lowest BCUT2D eigenvalue weighted by Gasteiger charge is -2.30. The zero-order valence-electron chi connectivity index (χ0n) is 11.4. The van der Waals surface area contributed by atoms with Gasteiger partial charge in [-0.3, -0.25) is 20.3 Å². The van der Waals surface area contributed by atoms with Crippen molar-refractivity contribution in [2.75, 3.05) is 39.4 Å². The van der Waals surface area contributed by atoms with Gasteiger partial charge in [0, 0.05) is 18.1 Å².